The van der Waals surface area contributed by atoms with Crippen LogP contribution in [-0.4, -0.2) is 86.9 Å². The summed E-state index contributed by atoms with van der Waals surface area (Å²) in [5, 5.41) is 16.8. The van der Waals surface area contributed by atoms with Crippen LogP contribution in [0.25, 0.3) is 22.3 Å². The van der Waals surface area contributed by atoms with Gasteiger partial charge in [0.25, 0.3) is 0 Å². The Bertz CT molecular complexity index is 2160. The zero-order valence-corrected chi connectivity index (χ0v) is 37.0. The number of ether oxygens (including phenoxy) is 2. The smallest absolute Gasteiger partial charge is 0.183 e. The lowest BCUT2D eigenvalue weighted by molar-refractivity contribution is -0.124. The number of hydrogen-bond donors (Lipinski definition) is 2. The Kier molecular flexibility index (Phi) is 9.77. The van der Waals surface area contributed by atoms with Crippen LogP contribution in [0.2, 0.25) is 0 Å². The number of rotatable bonds is 12. The molecule has 11 heteroatoms. The van der Waals surface area contributed by atoms with Gasteiger partial charge in [0.1, 0.15) is 22.6 Å². The van der Waals surface area contributed by atoms with Crippen molar-refractivity contribution in [1.82, 2.24) is 30.2 Å². The minimum atomic E-state index is -0.508. The Labute approximate surface area is 367 Å². The fourth-order valence-corrected chi connectivity index (χ4v) is 12.3. The summed E-state index contributed by atoms with van der Waals surface area (Å²) < 4.78 is 18.4. The van der Waals surface area contributed by atoms with Crippen LogP contribution >= 0.6 is 0 Å². The largest absolute Gasteiger partial charge is 0.489 e. The lowest BCUT2D eigenvalue weighted by Gasteiger charge is -2.48. The second-order valence-electron chi connectivity index (χ2n) is 20.5. The molecule has 2 saturated heterocycles. The normalized spacial score (nSPS) is 26.0. The quantitative estimate of drug-likeness (QED) is 0.145. The van der Waals surface area contributed by atoms with E-state index in [1.807, 2.05) is 0 Å². The molecule has 2 aromatic carbocycles. The van der Waals surface area contributed by atoms with E-state index in [9.17, 15) is 0 Å². The van der Waals surface area contributed by atoms with Crippen LogP contribution in [0.3, 0.4) is 0 Å². The van der Waals surface area contributed by atoms with Gasteiger partial charge in [-0.25, -0.2) is 0 Å². The van der Waals surface area contributed by atoms with Crippen LogP contribution in [0.5, 0.6) is 11.5 Å². The highest BCUT2D eigenvalue weighted by molar-refractivity contribution is 6.07. The molecule has 0 radical (unpaired) electrons. The van der Waals surface area contributed by atoms with Gasteiger partial charge in [0.2, 0.25) is 0 Å². The van der Waals surface area contributed by atoms with E-state index in [1.165, 1.54) is 35.3 Å². The first-order valence-electron chi connectivity index (χ1n) is 24.7. The molecule has 0 amide bonds. The fraction of sp³-hybridized carbons (Fsp3) is 0.627. The predicted octanol–water partition coefficient (Wildman–Crippen LogP) is 8.74. The lowest BCUT2D eigenvalue weighted by Crippen LogP contribution is -2.60. The molecule has 2 aromatic heterocycles. The second kappa shape index (κ2) is 15.4. The van der Waals surface area contributed by atoms with Crippen LogP contribution in [-0.2, 0) is 17.6 Å². The Hall–Kier alpha value is -4.35. The van der Waals surface area contributed by atoms with Crippen molar-refractivity contribution in [2.45, 2.75) is 177 Å². The number of Topliss-reactive ketones (excluding diaryl/α,β-unsaturated/α-hetero) is 1. The third-order valence-corrected chi connectivity index (χ3v) is 16.6. The highest BCUT2D eigenvalue weighted by Gasteiger charge is 2.68. The Morgan fingerprint density at radius 3 is 1.39 bits per heavy atom. The molecule has 6 heterocycles. The van der Waals surface area contributed by atoms with E-state index in [0.29, 0.717) is 17.9 Å². The van der Waals surface area contributed by atoms with Crippen LogP contribution in [0.1, 0.15) is 140 Å². The van der Waals surface area contributed by atoms with E-state index < -0.39 is 11.1 Å². The van der Waals surface area contributed by atoms with Crippen molar-refractivity contribution < 1.29 is 14.3 Å². The maximum atomic E-state index is 15.9. The summed E-state index contributed by atoms with van der Waals surface area (Å²) in [6.45, 7) is 8.87. The standard InChI is InChI=1S/C51H66N8O3/c1-33-9-11-43-45(15-13-41(47(43)61-39-5-3-6-39)35-29-54-56(31-35)37-17-25-52-26-18-37)58(33)50(21-22-50)49(60)51(23-24-51)59-34(2)10-12-44-46(59)16-14-42(48(44)62-40-7-4-8-40)36-30-55-57(32-36)38-19-27-53-28-20-38/h13-16,29-34,37-40,52-53H,3-12,17-28H2,1-2H3/t33-,34-/m0/s1. The molecule has 0 bridgehead atoms. The number of ketones is 1. The average molecular weight is 839 g/mol. The molecule has 4 saturated carbocycles. The van der Waals surface area contributed by atoms with Gasteiger partial charge in [-0.1, -0.05) is 0 Å². The van der Waals surface area contributed by atoms with Gasteiger partial charge in [-0.2, -0.15) is 10.2 Å². The van der Waals surface area contributed by atoms with Gasteiger partial charge < -0.3 is 29.9 Å². The number of nitrogens with zero attached hydrogens (tertiary/aromatic N) is 6. The summed E-state index contributed by atoms with van der Waals surface area (Å²) in [6.07, 6.45) is 28.0. The van der Waals surface area contributed by atoms with Crippen molar-refractivity contribution in [3.05, 3.63) is 60.2 Å². The van der Waals surface area contributed by atoms with Crippen molar-refractivity contribution in [3.8, 4) is 33.8 Å². The van der Waals surface area contributed by atoms with E-state index in [-0.39, 0.29) is 24.3 Å². The number of benzene rings is 2. The predicted molar refractivity (Wildman–Crippen MR) is 244 cm³/mol. The molecule has 4 aromatic rings. The maximum absolute atomic E-state index is 15.9. The first-order valence-corrected chi connectivity index (χ1v) is 24.7. The van der Waals surface area contributed by atoms with Crippen molar-refractivity contribution in [2.24, 2.45) is 0 Å². The molecule has 4 aliphatic carbocycles. The van der Waals surface area contributed by atoms with Crippen molar-refractivity contribution in [2.75, 3.05) is 36.0 Å². The molecule has 4 aliphatic heterocycles. The van der Waals surface area contributed by atoms with Crippen LogP contribution in [0.4, 0.5) is 11.4 Å². The SMILES string of the molecule is C[C@H]1CCc2c(ccc(-c3cnn(C4CCNCC4)c3)c2OC2CCC2)N1C1(C(=O)C2(N3c4ccc(-c5cnn(C6CCNCC6)c5)c(OC5CCC5)c4CC[C@@H]3C)CC2)CC1. The fourth-order valence-electron chi connectivity index (χ4n) is 12.3. The van der Waals surface area contributed by atoms with Gasteiger partial charge in [-0.05, 0) is 180 Å². The first-order chi connectivity index (χ1) is 30.4. The molecular weight excluding hydrogens is 773 g/mol. The third kappa shape index (κ3) is 6.52. The molecule has 328 valence electrons. The number of nitrogens with one attached hydrogen (secondary N) is 2. The van der Waals surface area contributed by atoms with Crippen molar-refractivity contribution >= 4 is 17.2 Å². The first kappa shape index (κ1) is 39.3. The molecule has 62 heavy (non-hydrogen) atoms. The molecule has 6 fully saturated rings. The van der Waals surface area contributed by atoms with Crippen LogP contribution in [0.15, 0.2) is 49.1 Å². The highest BCUT2D eigenvalue weighted by atomic mass is 16.5. The van der Waals surface area contributed by atoms with Gasteiger partial charge in [0.15, 0.2) is 5.78 Å². The van der Waals surface area contributed by atoms with Crippen molar-refractivity contribution in [3.63, 3.8) is 0 Å². The number of carbonyl (C=O) groups is 1. The number of aromatic nitrogens is 4. The zero-order chi connectivity index (χ0) is 41.6. The molecule has 2 atom stereocenters. The lowest BCUT2D eigenvalue weighted by atomic mass is 9.85. The molecule has 2 N–H and O–H groups in total. The minimum absolute atomic E-state index is 0.253. The van der Waals surface area contributed by atoms with Gasteiger partial charge in [0.05, 0.1) is 36.7 Å². The van der Waals surface area contributed by atoms with Gasteiger partial charge in [-0.15, -0.1) is 0 Å². The summed E-state index contributed by atoms with van der Waals surface area (Å²) in [5.74, 6) is 2.51. The number of piperidine rings is 2. The average Bonchev–Trinajstić information content (AvgIpc) is 4.14. The van der Waals surface area contributed by atoms with E-state index >= 15 is 4.79 Å². The van der Waals surface area contributed by atoms with E-state index in [4.69, 9.17) is 19.7 Å². The minimum Gasteiger partial charge on any atom is -0.489 e. The van der Waals surface area contributed by atoms with E-state index in [2.05, 4.69) is 92.7 Å². The van der Waals surface area contributed by atoms with Gasteiger partial charge in [-0.3, -0.25) is 14.2 Å². The summed E-state index contributed by atoms with van der Waals surface area (Å²) in [5.41, 5.74) is 8.56. The molecule has 12 rings (SSSR count). The Balaban J connectivity index is 0.887. The van der Waals surface area contributed by atoms with E-state index in [0.717, 1.165) is 163 Å². The topological polar surface area (TPSA) is 102 Å². The third-order valence-electron chi connectivity index (χ3n) is 16.6. The molecule has 8 aliphatic rings. The maximum Gasteiger partial charge on any atom is 0.183 e. The summed E-state index contributed by atoms with van der Waals surface area (Å²) >= 11 is 0. The Morgan fingerprint density at radius 2 is 1.02 bits per heavy atom. The molecule has 0 spiro atoms. The van der Waals surface area contributed by atoms with E-state index in [1.54, 1.807) is 0 Å². The van der Waals surface area contributed by atoms with Gasteiger partial charge in [0, 0.05) is 69.2 Å². The van der Waals surface area contributed by atoms with Crippen molar-refractivity contribution in [1.29, 1.82) is 0 Å². The molecule has 0 unspecified atom stereocenters. The van der Waals surface area contributed by atoms with Crippen LogP contribution < -0.4 is 29.9 Å². The summed E-state index contributed by atoms with van der Waals surface area (Å²) in [4.78, 5) is 21.0. The summed E-state index contributed by atoms with van der Waals surface area (Å²) in [6, 6.07) is 10.6. The second-order valence-corrected chi connectivity index (χ2v) is 20.5. The number of hydrogen-bond acceptors (Lipinski definition) is 9. The highest BCUT2D eigenvalue weighted by Crippen LogP contribution is 2.60. The number of fused-ring (bicyclic) bond motifs is 2. The zero-order valence-electron chi connectivity index (χ0n) is 37.0. The number of anilines is 2. The molecular formula is C51H66N8O3. The summed E-state index contributed by atoms with van der Waals surface area (Å²) in [7, 11) is 0. The molecule has 11 nitrogen and oxygen atoms in total. The van der Waals surface area contributed by atoms with Crippen LogP contribution in [0, 0.1) is 0 Å². The van der Waals surface area contributed by atoms with Gasteiger partial charge >= 0.3 is 0 Å². The number of carbonyl (C=O) groups excluding carboxylic acids is 1. The monoisotopic (exact) mass is 839 g/mol. The Morgan fingerprint density at radius 1 is 0.597 bits per heavy atom.